The third-order valence-corrected chi connectivity index (χ3v) is 3.84. The van der Waals surface area contributed by atoms with Crippen molar-refractivity contribution >= 4 is 29.4 Å². The molecule has 0 unspecified atom stereocenters. The van der Waals surface area contributed by atoms with Crippen molar-refractivity contribution in [1.29, 1.82) is 0 Å². The van der Waals surface area contributed by atoms with E-state index in [0.29, 0.717) is 34.4 Å². The number of phenolic OH excluding ortho intramolecular Hbond substituents is 1. The average Bonchev–Trinajstić information content (AvgIpc) is 2.58. The van der Waals surface area contributed by atoms with Gasteiger partial charge >= 0.3 is 0 Å². The number of methoxy groups -OCH3 is 3. The van der Waals surface area contributed by atoms with Gasteiger partial charge in [-0.1, -0.05) is 23.2 Å². The molecule has 5 nitrogen and oxygen atoms in total. The number of hydrogen-bond donors (Lipinski definition) is 1. The van der Waals surface area contributed by atoms with Crippen molar-refractivity contribution in [3.05, 3.63) is 45.4 Å². The van der Waals surface area contributed by atoms with E-state index in [1.807, 2.05) is 0 Å². The number of rotatable bonds is 6. The first-order valence-electron chi connectivity index (χ1n) is 6.96. The minimum Gasteiger partial charge on any atom is -0.506 e. The third kappa shape index (κ3) is 4.04. The fraction of sp³-hybridized carbons (Fsp3) is 0.235. The molecule has 1 N–H and O–H groups in total. The van der Waals surface area contributed by atoms with E-state index in [-0.39, 0.29) is 10.8 Å². The van der Waals surface area contributed by atoms with Crippen LogP contribution in [0.2, 0.25) is 10.0 Å². The third-order valence-electron chi connectivity index (χ3n) is 3.34. The molecular formula is C17H17Cl2NO4. The molecule has 0 radical (unpaired) electrons. The van der Waals surface area contributed by atoms with E-state index in [1.165, 1.54) is 12.3 Å². The highest BCUT2D eigenvalue weighted by Crippen LogP contribution is 2.35. The van der Waals surface area contributed by atoms with Crippen LogP contribution in [-0.4, -0.2) is 32.7 Å². The summed E-state index contributed by atoms with van der Waals surface area (Å²) in [5, 5.41) is 10.5. The lowest BCUT2D eigenvalue weighted by Gasteiger charge is -2.13. The Morgan fingerprint density at radius 1 is 0.958 bits per heavy atom. The highest BCUT2D eigenvalue weighted by atomic mass is 35.5. The molecule has 0 heterocycles. The van der Waals surface area contributed by atoms with Crippen molar-refractivity contribution in [3.63, 3.8) is 0 Å². The first-order valence-corrected chi connectivity index (χ1v) is 7.72. The smallest absolute Gasteiger partial charge is 0.164 e. The van der Waals surface area contributed by atoms with E-state index in [2.05, 4.69) is 4.99 Å². The van der Waals surface area contributed by atoms with Gasteiger partial charge in [0.1, 0.15) is 11.5 Å². The Bertz CT molecular complexity index is 763. The topological polar surface area (TPSA) is 60.3 Å². The lowest BCUT2D eigenvalue weighted by molar-refractivity contribution is 0.347. The molecule has 128 valence electrons. The minimum absolute atomic E-state index is 0.0657. The van der Waals surface area contributed by atoms with Gasteiger partial charge in [-0.3, -0.25) is 4.99 Å². The molecule has 0 spiro atoms. The van der Waals surface area contributed by atoms with Gasteiger partial charge in [-0.25, -0.2) is 0 Å². The Hall–Kier alpha value is -2.11. The normalized spacial score (nSPS) is 10.9. The summed E-state index contributed by atoms with van der Waals surface area (Å²) in [7, 11) is 4.68. The first-order chi connectivity index (χ1) is 11.5. The molecule has 0 fully saturated rings. The Morgan fingerprint density at radius 2 is 1.58 bits per heavy atom. The molecule has 2 aromatic rings. The van der Waals surface area contributed by atoms with Gasteiger partial charge in [0.05, 0.1) is 32.9 Å². The Morgan fingerprint density at radius 3 is 2.21 bits per heavy atom. The first kappa shape index (κ1) is 18.2. The SMILES string of the molecule is COc1cc(OC)c(OC)cc1CN=Cc1cc(Cl)cc(Cl)c1O. The Labute approximate surface area is 150 Å². The number of hydrogen-bond acceptors (Lipinski definition) is 5. The molecule has 0 amide bonds. The van der Waals surface area contributed by atoms with Gasteiger partial charge in [0, 0.05) is 28.4 Å². The summed E-state index contributed by atoms with van der Waals surface area (Å²) >= 11 is 11.8. The van der Waals surface area contributed by atoms with E-state index < -0.39 is 0 Å². The van der Waals surface area contributed by atoms with Crippen LogP contribution in [-0.2, 0) is 6.54 Å². The van der Waals surface area contributed by atoms with Crippen LogP contribution in [0, 0.1) is 0 Å². The summed E-state index contributed by atoms with van der Waals surface area (Å²) in [5.74, 6) is 1.71. The van der Waals surface area contributed by atoms with Crippen molar-refractivity contribution in [2.45, 2.75) is 6.54 Å². The molecule has 0 bridgehead atoms. The van der Waals surface area contributed by atoms with Crippen molar-refractivity contribution < 1.29 is 19.3 Å². The maximum absolute atomic E-state index is 9.93. The predicted octanol–water partition coefficient (Wildman–Crippen LogP) is 4.34. The van der Waals surface area contributed by atoms with Crippen molar-refractivity contribution in [1.82, 2.24) is 0 Å². The van der Waals surface area contributed by atoms with Gasteiger partial charge in [0.15, 0.2) is 11.5 Å². The molecule has 0 saturated heterocycles. The van der Waals surface area contributed by atoms with Crippen LogP contribution in [0.3, 0.4) is 0 Å². The molecule has 2 rings (SSSR count). The summed E-state index contributed by atoms with van der Waals surface area (Å²) < 4.78 is 15.9. The lowest BCUT2D eigenvalue weighted by Crippen LogP contribution is -1.97. The maximum atomic E-state index is 9.93. The molecule has 0 aromatic heterocycles. The fourth-order valence-electron chi connectivity index (χ4n) is 2.14. The Kier molecular flexibility index (Phi) is 6.17. The zero-order chi connectivity index (χ0) is 17.7. The minimum atomic E-state index is -0.0657. The standard InChI is InChI=1S/C17H17Cl2NO4/c1-22-14-7-16(24-3)15(23-2)5-10(14)8-20-9-11-4-12(18)6-13(19)17(11)21/h4-7,9,21H,8H2,1-3H3. The van der Waals surface area contributed by atoms with Crippen molar-refractivity contribution in [2.24, 2.45) is 4.99 Å². The van der Waals surface area contributed by atoms with Crippen LogP contribution in [0.5, 0.6) is 23.0 Å². The number of benzene rings is 2. The molecule has 0 atom stereocenters. The van der Waals surface area contributed by atoms with Gasteiger partial charge in [-0.2, -0.15) is 0 Å². The summed E-state index contributed by atoms with van der Waals surface area (Å²) in [6.07, 6.45) is 1.50. The number of nitrogens with zero attached hydrogens (tertiary/aromatic N) is 1. The van der Waals surface area contributed by atoms with Crippen LogP contribution in [0.4, 0.5) is 0 Å². The summed E-state index contributed by atoms with van der Waals surface area (Å²) in [5.41, 5.74) is 1.24. The summed E-state index contributed by atoms with van der Waals surface area (Å²) in [6.45, 7) is 0.313. The van der Waals surface area contributed by atoms with E-state index >= 15 is 0 Å². The number of phenols is 1. The molecule has 2 aromatic carbocycles. The van der Waals surface area contributed by atoms with Crippen LogP contribution in [0.15, 0.2) is 29.3 Å². The summed E-state index contributed by atoms with van der Waals surface area (Å²) in [6, 6.07) is 6.57. The number of aromatic hydroxyl groups is 1. The highest BCUT2D eigenvalue weighted by Gasteiger charge is 2.11. The zero-order valence-corrected chi connectivity index (χ0v) is 15.0. The van der Waals surface area contributed by atoms with Gasteiger partial charge in [0.25, 0.3) is 0 Å². The van der Waals surface area contributed by atoms with E-state index in [1.54, 1.807) is 39.5 Å². The lowest BCUT2D eigenvalue weighted by atomic mass is 10.1. The van der Waals surface area contributed by atoms with Crippen molar-refractivity contribution in [2.75, 3.05) is 21.3 Å². The van der Waals surface area contributed by atoms with Gasteiger partial charge in [0.2, 0.25) is 0 Å². The largest absolute Gasteiger partial charge is 0.506 e. The van der Waals surface area contributed by atoms with E-state index in [0.717, 1.165) is 5.56 Å². The second kappa shape index (κ2) is 8.13. The van der Waals surface area contributed by atoms with Crippen LogP contribution < -0.4 is 14.2 Å². The second-order valence-corrected chi connectivity index (χ2v) is 5.66. The Balaban J connectivity index is 2.28. The molecular weight excluding hydrogens is 353 g/mol. The van der Waals surface area contributed by atoms with Gasteiger partial charge in [-0.05, 0) is 18.2 Å². The molecule has 0 aliphatic carbocycles. The van der Waals surface area contributed by atoms with Crippen LogP contribution >= 0.6 is 23.2 Å². The monoisotopic (exact) mass is 369 g/mol. The van der Waals surface area contributed by atoms with E-state index in [9.17, 15) is 5.11 Å². The fourth-order valence-corrected chi connectivity index (χ4v) is 2.65. The molecule has 0 saturated carbocycles. The molecule has 0 aliphatic rings. The molecule has 7 heteroatoms. The summed E-state index contributed by atoms with van der Waals surface area (Å²) in [4.78, 5) is 4.32. The van der Waals surface area contributed by atoms with Gasteiger partial charge in [-0.15, -0.1) is 0 Å². The van der Waals surface area contributed by atoms with E-state index in [4.69, 9.17) is 37.4 Å². The highest BCUT2D eigenvalue weighted by molar-refractivity contribution is 6.36. The quantitative estimate of drug-likeness (QED) is 0.769. The number of halogens is 2. The number of ether oxygens (including phenoxy) is 3. The molecule has 24 heavy (non-hydrogen) atoms. The van der Waals surface area contributed by atoms with Gasteiger partial charge < -0.3 is 19.3 Å². The van der Waals surface area contributed by atoms with Crippen molar-refractivity contribution in [3.8, 4) is 23.0 Å². The van der Waals surface area contributed by atoms with Crippen LogP contribution in [0.1, 0.15) is 11.1 Å². The maximum Gasteiger partial charge on any atom is 0.164 e. The average molecular weight is 370 g/mol. The predicted molar refractivity (Wildman–Crippen MR) is 95.5 cm³/mol. The second-order valence-electron chi connectivity index (χ2n) is 4.81. The van der Waals surface area contributed by atoms with Crippen LogP contribution in [0.25, 0.3) is 0 Å². The zero-order valence-electron chi connectivity index (χ0n) is 13.5. The molecule has 0 aliphatic heterocycles. The number of aliphatic imine (C=N–C) groups is 1.